The molecule has 1 aliphatic heterocycles. The quantitative estimate of drug-likeness (QED) is 0.260. The van der Waals surface area contributed by atoms with Crippen molar-refractivity contribution in [1.29, 1.82) is 0 Å². The first kappa shape index (κ1) is 19.3. The molecule has 0 bridgehead atoms. The molecule has 0 amide bonds. The fourth-order valence-electron chi connectivity index (χ4n) is 4.38. The molecular formula is C21H16Br2O5. The average Bonchev–Trinajstić information content (AvgIpc) is 3.26. The number of benzene rings is 2. The van der Waals surface area contributed by atoms with Crippen molar-refractivity contribution >= 4 is 49.6 Å². The Morgan fingerprint density at radius 1 is 1.11 bits per heavy atom. The van der Waals surface area contributed by atoms with Crippen LogP contribution in [0, 0.1) is 10.8 Å². The summed E-state index contributed by atoms with van der Waals surface area (Å²) in [6, 6.07) is 12.1. The Morgan fingerprint density at radius 3 is 2.39 bits per heavy atom. The van der Waals surface area contributed by atoms with Gasteiger partial charge >= 0.3 is 11.9 Å². The molecule has 7 heteroatoms. The number of rotatable bonds is 4. The smallest absolute Gasteiger partial charge is 0.330 e. The van der Waals surface area contributed by atoms with E-state index in [-0.39, 0.29) is 12.4 Å². The molecule has 1 fully saturated rings. The summed E-state index contributed by atoms with van der Waals surface area (Å²) in [5.41, 5.74) is -1.90. The number of fused-ring (bicyclic) bond motifs is 3. The van der Waals surface area contributed by atoms with Gasteiger partial charge < -0.3 is 9.47 Å². The van der Waals surface area contributed by atoms with Gasteiger partial charge in [-0.05, 0) is 44.2 Å². The van der Waals surface area contributed by atoms with Crippen molar-refractivity contribution in [3.63, 3.8) is 0 Å². The third-order valence-corrected chi connectivity index (χ3v) is 6.75. The molecule has 5 nitrogen and oxygen atoms in total. The molecule has 3 atom stereocenters. The molecule has 0 N–H and O–H groups in total. The maximum absolute atomic E-state index is 13.5. The summed E-state index contributed by atoms with van der Waals surface area (Å²) < 4.78 is 12.3. The lowest BCUT2D eigenvalue weighted by molar-refractivity contribution is -0.162. The molecule has 1 heterocycles. The SMILES string of the molecule is CCOC(=O)[C@@]12C(=O)Oc3ccc(Br)cc3[C@H]1[C@@]2(C)C(=O)c1ccc(Br)cc1. The largest absolute Gasteiger partial charge is 0.465 e. The van der Waals surface area contributed by atoms with E-state index in [1.54, 1.807) is 56.3 Å². The van der Waals surface area contributed by atoms with Crippen molar-refractivity contribution < 1.29 is 23.9 Å². The Bertz CT molecular complexity index is 1020. The molecule has 1 aliphatic carbocycles. The molecule has 2 aliphatic rings. The van der Waals surface area contributed by atoms with Gasteiger partial charge in [-0.25, -0.2) is 0 Å². The van der Waals surface area contributed by atoms with Crippen molar-refractivity contribution in [1.82, 2.24) is 0 Å². The third-order valence-electron chi connectivity index (χ3n) is 5.73. The van der Waals surface area contributed by atoms with E-state index >= 15 is 0 Å². The summed E-state index contributed by atoms with van der Waals surface area (Å²) in [6.07, 6.45) is 0. The first-order valence-electron chi connectivity index (χ1n) is 8.77. The van der Waals surface area contributed by atoms with E-state index in [1.165, 1.54) is 0 Å². The Kier molecular flexibility index (Phi) is 4.50. The highest BCUT2D eigenvalue weighted by Gasteiger charge is 2.89. The fourth-order valence-corrected chi connectivity index (χ4v) is 5.02. The van der Waals surface area contributed by atoms with Crippen LogP contribution in [0.25, 0.3) is 0 Å². The van der Waals surface area contributed by atoms with Crippen LogP contribution >= 0.6 is 31.9 Å². The van der Waals surface area contributed by atoms with Crippen molar-refractivity contribution in [2.24, 2.45) is 10.8 Å². The van der Waals surface area contributed by atoms with Gasteiger partial charge in [0, 0.05) is 26.0 Å². The van der Waals surface area contributed by atoms with Crippen molar-refractivity contribution in [3.8, 4) is 5.75 Å². The lowest BCUT2D eigenvalue weighted by Gasteiger charge is -2.22. The first-order chi connectivity index (χ1) is 13.3. The van der Waals surface area contributed by atoms with Gasteiger partial charge in [-0.15, -0.1) is 0 Å². The minimum atomic E-state index is -1.68. The predicted octanol–water partition coefficient (Wildman–Crippen LogP) is 4.67. The molecular weight excluding hydrogens is 492 g/mol. The van der Waals surface area contributed by atoms with E-state index in [9.17, 15) is 14.4 Å². The normalized spacial score (nSPS) is 27.3. The summed E-state index contributed by atoms with van der Waals surface area (Å²) in [5, 5.41) is 0. The van der Waals surface area contributed by atoms with Crippen LogP contribution in [-0.2, 0) is 14.3 Å². The second kappa shape index (κ2) is 6.52. The Morgan fingerprint density at radius 2 is 1.75 bits per heavy atom. The lowest BCUT2D eigenvalue weighted by atomic mass is 9.87. The van der Waals surface area contributed by atoms with Crippen molar-refractivity contribution in [3.05, 3.63) is 62.5 Å². The van der Waals surface area contributed by atoms with Gasteiger partial charge in [0.1, 0.15) is 5.75 Å². The van der Waals surface area contributed by atoms with Gasteiger partial charge in [-0.1, -0.05) is 44.0 Å². The Hall–Kier alpha value is -1.99. The summed E-state index contributed by atoms with van der Waals surface area (Å²) in [4.78, 5) is 39.5. The molecule has 0 saturated heterocycles. The number of hydrogen-bond acceptors (Lipinski definition) is 5. The minimum absolute atomic E-state index is 0.106. The monoisotopic (exact) mass is 506 g/mol. The van der Waals surface area contributed by atoms with E-state index in [0.717, 1.165) is 8.95 Å². The van der Waals surface area contributed by atoms with E-state index in [1.807, 2.05) is 0 Å². The minimum Gasteiger partial charge on any atom is -0.465 e. The van der Waals surface area contributed by atoms with Crippen LogP contribution in [0.15, 0.2) is 51.4 Å². The molecule has 0 spiro atoms. The molecule has 0 radical (unpaired) electrons. The Labute approximate surface area is 178 Å². The van der Waals surface area contributed by atoms with E-state index in [0.29, 0.717) is 16.9 Å². The third kappa shape index (κ3) is 2.38. The molecule has 2 aromatic carbocycles. The zero-order chi connectivity index (χ0) is 20.3. The number of hydrogen-bond donors (Lipinski definition) is 0. The zero-order valence-corrected chi connectivity index (χ0v) is 18.3. The highest BCUT2D eigenvalue weighted by Crippen LogP contribution is 2.78. The van der Waals surface area contributed by atoms with Crippen molar-refractivity contribution in [2.45, 2.75) is 19.8 Å². The maximum atomic E-state index is 13.5. The molecule has 0 unspecified atom stereocenters. The van der Waals surface area contributed by atoms with Crippen molar-refractivity contribution in [2.75, 3.05) is 6.61 Å². The van der Waals surface area contributed by atoms with Crippen LogP contribution in [0.1, 0.15) is 35.7 Å². The number of ketones is 1. The number of Topliss-reactive ketones (excluding diaryl/α,β-unsaturated/α-hetero) is 1. The number of ether oxygens (including phenoxy) is 2. The number of carbonyl (C=O) groups excluding carboxylic acids is 3. The fraction of sp³-hybridized carbons (Fsp3) is 0.286. The summed E-state index contributed by atoms with van der Waals surface area (Å²) in [7, 11) is 0. The van der Waals surface area contributed by atoms with Crippen LogP contribution in [0.2, 0.25) is 0 Å². The highest BCUT2D eigenvalue weighted by atomic mass is 79.9. The molecule has 1 saturated carbocycles. The van der Waals surface area contributed by atoms with Gasteiger partial charge in [0.25, 0.3) is 0 Å². The average molecular weight is 508 g/mol. The molecule has 2 aromatic rings. The van der Waals surface area contributed by atoms with Gasteiger partial charge in [-0.3, -0.25) is 14.4 Å². The van der Waals surface area contributed by atoms with Gasteiger partial charge in [0.2, 0.25) is 0 Å². The van der Waals surface area contributed by atoms with Crippen LogP contribution in [0.4, 0.5) is 0 Å². The molecule has 28 heavy (non-hydrogen) atoms. The topological polar surface area (TPSA) is 69.7 Å². The molecule has 144 valence electrons. The lowest BCUT2D eigenvalue weighted by Crippen LogP contribution is -2.40. The summed E-state index contributed by atoms with van der Waals surface area (Å²) >= 11 is 6.77. The number of carbonyl (C=O) groups is 3. The van der Waals surface area contributed by atoms with Gasteiger partial charge in [-0.2, -0.15) is 0 Å². The second-order valence-electron chi connectivity index (χ2n) is 7.07. The summed E-state index contributed by atoms with van der Waals surface area (Å²) in [6.45, 7) is 3.42. The predicted molar refractivity (Wildman–Crippen MR) is 108 cm³/mol. The molecule has 0 aromatic heterocycles. The van der Waals surface area contributed by atoms with Gasteiger partial charge in [0.15, 0.2) is 11.2 Å². The van der Waals surface area contributed by atoms with E-state index in [4.69, 9.17) is 9.47 Å². The standard InChI is InChI=1S/C21H16Br2O5/c1-3-27-18(25)21-16(14-10-13(23)8-9-15(14)28-19(21)26)20(21,2)17(24)11-4-6-12(22)7-5-11/h4-10,16H,3H2,1-2H3/t16-,20-,21+/m0/s1. The zero-order valence-electron chi connectivity index (χ0n) is 15.1. The summed E-state index contributed by atoms with van der Waals surface area (Å²) in [5.74, 6) is -2.03. The van der Waals surface area contributed by atoms with Crippen LogP contribution < -0.4 is 4.74 Å². The maximum Gasteiger partial charge on any atom is 0.330 e. The second-order valence-corrected chi connectivity index (χ2v) is 8.90. The van der Waals surface area contributed by atoms with Crippen LogP contribution in [0.5, 0.6) is 5.75 Å². The first-order valence-corrected chi connectivity index (χ1v) is 10.4. The van der Waals surface area contributed by atoms with E-state index in [2.05, 4.69) is 31.9 Å². The van der Waals surface area contributed by atoms with Gasteiger partial charge in [0.05, 0.1) is 12.0 Å². The van der Waals surface area contributed by atoms with Crippen LogP contribution in [0.3, 0.4) is 0 Å². The van der Waals surface area contributed by atoms with E-state index < -0.39 is 28.7 Å². The highest BCUT2D eigenvalue weighted by molar-refractivity contribution is 9.10. The Balaban J connectivity index is 1.90. The number of esters is 2. The number of halogens is 2. The molecule has 4 rings (SSSR count). The van der Waals surface area contributed by atoms with Crippen LogP contribution in [-0.4, -0.2) is 24.3 Å².